The van der Waals surface area contributed by atoms with Crippen LogP contribution in [0.4, 0.5) is 0 Å². The van der Waals surface area contributed by atoms with E-state index >= 15 is 0 Å². The minimum absolute atomic E-state index is 0. The van der Waals surface area contributed by atoms with Gasteiger partial charge in [-0.05, 0) is 38.5 Å². The number of carboxylic acid groups (broad SMARTS) is 1. The van der Waals surface area contributed by atoms with Gasteiger partial charge in [0.05, 0.1) is 0 Å². The van der Waals surface area contributed by atoms with Crippen molar-refractivity contribution in [1.82, 2.24) is 0 Å². The fourth-order valence-electron chi connectivity index (χ4n) is 2.09. The van der Waals surface area contributed by atoms with Crippen LogP contribution in [0.2, 0.25) is 0 Å². The first-order valence-electron chi connectivity index (χ1n) is 8.29. The normalized spacial score (nSPS) is 11.1. The summed E-state index contributed by atoms with van der Waals surface area (Å²) in [7, 11) is 0. The molecule has 0 aliphatic rings. The van der Waals surface area contributed by atoms with Gasteiger partial charge in [-0.1, -0.05) is 63.3 Å². The second-order valence-electron chi connectivity index (χ2n) is 5.37. The molecule has 0 bridgehead atoms. The van der Waals surface area contributed by atoms with Gasteiger partial charge in [0.15, 0.2) is 0 Å². The Morgan fingerprint density at radius 2 is 1.33 bits per heavy atom. The van der Waals surface area contributed by atoms with Gasteiger partial charge in [0.1, 0.15) is 0 Å². The van der Waals surface area contributed by atoms with Crippen molar-refractivity contribution in [3.8, 4) is 0 Å². The summed E-state index contributed by atoms with van der Waals surface area (Å²) < 4.78 is 0. The number of hydrogen-bond donors (Lipinski definition) is 1. The van der Waals surface area contributed by atoms with Gasteiger partial charge in [-0.15, -0.1) is 0 Å². The van der Waals surface area contributed by atoms with Crippen molar-refractivity contribution in [3.63, 3.8) is 0 Å². The third-order valence-electron chi connectivity index (χ3n) is 3.34. The first-order valence-corrected chi connectivity index (χ1v) is 8.29. The molecule has 0 heterocycles. The standard InChI is InChI=1S/C18H32O2.Cu/c1-2-3-4-5-6-7-8-9-10-11-12-13-14-15-16-17-18(19)20;/h6-7,9-10H,2-5,8,11-17H2,1H3,(H,19,20);/b7-6+,10-9+;. The Hall–Kier alpha value is -0.531. The van der Waals surface area contributed by atoms with Crippen LogP contribution >= 0.6 is 0 Å². The number of aliphatic carboxylic acids is 1. The molecule has 0 aliphatic carbocycles. The maximum Gasteiger partial charge on any atom is 0.303 e. The van der Waals surface area contributed by atoms with Crippen LogP contribution in [0.15, 0.2) is 24.3 Å². The topological polar surface area (TPSA) is 37.3 Å². The zero-order valence-corrected chi connectivity index (χ0v) is 14.4. The Labute approximate surface area is 141 Å². The van der Waals surface area contributed by atoms with Crippen molar-refractivity contribution in [2.24, 2.45) is 0 Å². The molecule has 0 saturated heterocycles. The van der Waals surface area contributed by atoms with Crippen molar-refractivity contribution in [2.45, 2.75) is 84.0 Å². The first-order chi connectivity index (χ1) is 9.77. The van der Waals surface area contributed by atoms with Gasteiger partial charge in [-0.2, -0.15) is 0 Å². The van der Waals surface area contributed by atoms with Crippen LogP contribution in [0.5, 0.6) is 0 Å². The van der Waals surface area contributed by atoms with Crippen molar-refractivity contribution in [2.75, 3.05) is 0 Å². The molecule has 1 N–H and O–H groups in total. The molecule has 21 heavy (non-hydrogen) atoms. The van der Waals surface area contributed by atoms with Gasteiger partial charge in [-0.25, -0.2) is 0 Å². The minimum atomic E-state index is -0.671. The Morgan fingerprint density at radius 1 is 0.810 bits per heavy atom. The van der Waals surface area contributed by atoms with E-state index in [0.717, 1.165) is 25.7 Å². The largest absolute Gasteiger partial charge is 0.481 e. The number of rotatable bonds is 14. The third kappa shape index (κ3) is 21.9. The van der Waals surface area contributed by atoms with Crippen molar-refractivity contribution in [1.29, 1.82) is 0 Å². The van der Waals surface area contributed by atoms with Crippen LogP contribution in [0, 0.1) is 0 Å². The van der Waals surface area contributed by atoms with Crippen LogP contribution in [0.3, 0.4) is 0 Å². The predicted molar refractivity (Wildman–Crippen MR) is 87.0 cm³/mol. The summed E-state index contributed by atoms with van der Waals surface area (Å²) in [5.41, 5.74) is 0. The number of allylic oxidation sites excluding steroid dienone is 4. The third-order valence-corrected chi connectivity index (χ3v) is 3.34. The van der Waals surface area contributed by atoms with Gasteiger partial charge in [0.2, 0.25) is 0 Å². The summed E-state index contributed by atoms with van der Waals surface area (Å²) >= 11 is 0. The molecule has 0 aromatic carbocycles. The smallest absolute Gasteiger partial charge is 0.303 e. The van der Waals surface area contributed by atoms with E-state index in [2.05, 4.69) is 31.2 Å². The molecular weight excluding hydrogens is 312 g/mol. The quantitative estimate of drug-likeness (QED) is 0.243. The second-order valence-corrected chi connectivity index (χ2v) is 5.37. The monoisotopic (exact) mass is 343 g/mol. The number of carbonyl (C=O) groups is 1. The zero-order valence-electron chi connectivity index (χ0n) is 13.5. The van der Waals surface area contributed by atoms with E-state index in [1.807, 2.05) is 0 Å². The second kappa shape index (κ2) is 19.5. The first kappa shape index (κ1) is 22.7. The molecule has 0 aliphatic heterocycles. The Kier molecular flexibility index (Phi) is 21.1. The summed E-state index contributed by atoms with van der Waals surface area (Å²) in [6.45, 7) is 2.23. The summed E-state index contributed by atoms with van der Waals surface area (Å²) in [6, 6.07) is 0. The van der Waals surface area contributed by atoms with Gasteiger partial charge in [-0.3, -0.25) is 4.79 Å². The minimum Gasteiger partial charge on any atom is -0.481 e. The summed E-state index contributed by atoms with van der Waals surface area (Å²) in [4.78, 5) is 10.3. The van der Waals surface area contributed by atoms with Crippen LogP contribution in [0.25, 0.3) is 0 Å². The fraction of sp³-hybridized carbons (Fsp3) is 0.722. The zero-order chi connectivity index (χ0) is 14.9. The van der Waals surface area contributed by atoms with Crippen LogP contribution in [-0.2, 0) is 21.9 Å². The van der Waals surface area contributed by atoms with Gasteiger partial charge >= 0.3 is 5.97 Å². The maximum atomic E-state index is 10.3. The van der Waals surface area contributed by atoms with Crippen molar-refractivity contribution >= 4 is 5.97 Å². The molecule has 0 spiro atoms. The van der Waals surface area contributed by atoms with E-state index in [1.54, 1.807) is 0 Å². The molecule has 0 saturated carbocycles. The molecule has 0 unspecified atom stereocenters. The molecule has 3 heteroatoms. The van der Waals surface area contributed by atoms with Gasteiger partial charge in [0.25, 0.3) is 0 Å². The SMILES string of the molecule is CCCCC/C=C/C/C=C/CCCCCCCC(=O)O.[Cu]. The number of unbranched alkanes of at least 4 members (excludes halogenated alkanes) is 8. The Bertz CT molecular complexity index is 272. The molecule has 127 valence electrons. The van der Waals surface area contributed by atoms with E-state index in [9.17, 15) is 4.79 Å². The van der Waals surface area contributed by atoms with Crippen molar-refractivity contribution in [3.05, 3.63) is 24.3 Å². The van der Waals surface area contributed by atoms with Crippen LogP contribution in [-0.4, -0.2) is 11.1 Å². The summed E-state index contributed by atoms with van der Waals surface area (Å²) in [5.74, 6) is -0.671. The molecule has 0 rings (SSSR count). The molecule has 0 atom stereocenters. The predicted octanol–water partition coefficient (Wildman–Crippen LogP) is 5.88. The van der Waals surface area contributed by atoms with E-state index in [-0.39, 0.29) is 17.1 Å². The fourth-order valence-corrected chi connectivity index (χ4v) is 2.09. The van der Waals surface area contributed by atoms with Gasteiger partial charge in [0, 0.05) is 23.5 Å². The summed E-state index contributed by atoms with van der Waals surface area (Å²) in [5, 5.41) is 8.50. The van der Waals surface area contributed by atoms with Crippen LogP contribution in [0.1, 0.15) is 84.0 Å². The summed E-state index contributed by atoms with van der Waals surface area (Å²) in [6.07, 6.45) is 22.3. The van der Waals surface area contributed by atoms with E-state index in [1.165, 1.54) is 44.9 Å². The van der Waals surface area contributed by atoms with E-state index in [4.69, 9.17) is 5.11 Å². The molecule has 1 radical (unpaired) electrons. The molecule has 0 aromatic rings. The molecule has 0 aromatic heterocycles. The average Bonchev–Trinajstić information content (AvgIpc) is 2.43. The number of hydrogen-bond acceptors (Lipinski definition) is 1. The van der Waals surface area contributed by atoms with E-state index in [0.29, 0.717) is 6.42 Å². The molecule has 2 nitrogen and oxygen atoms in total. The van der Waals surface area contributed by atoms with Crippen molar-refractivity contribution < 1.29 is 27.0 Å². The van der Waals surface area contributed by atoms with E-state index < -0.39 is 5.97 Å². The molecule has 0 fully saturated rings. The Morgan fingerprint density at radius 3 is 1.90 bits per heavy atom. The average molecular weight is 344 g/mol. The van der Waals surface area contributed by atoms with Crippen LogP contribution < -0.4 is 0 Å². The Balaban J connectivity index is 0. The molecule has 0 amide bonds. The number of carboxylic acids is 1. The van der Waals surface area contributed by atoms with Gasteiger partial charge < -0.3 is 5.11 Å². The molecular formula is C18H32CuO2. The maximum absolute atomic E-state index is 10.3.